The minimum atomic E-state index is -0.358. The van der Waals surface area contributed by atoms with Gasteiger partial charge in [-0.3, -0.25) is 0 Å². The standard InChI is InChI=1S/C17H18FNO2/c1-17(2)9-11-5-3-8-15(16(11)21-17)20-10-12-13(18)6-4-7-14(12)19/h3-8H,9-10,19H2,1-2H3. The van der Waals surface area contributed by atoms with Gasteiger partial charge in [-0.25, -0.2) is 4.39 Å². The van der Waals surface area contributed by atoms with Crippen molar-refractivity contribution in [2.75, 3.05) is 5.73 Å². The van der Waals surface area contributed by atoms with Crippen molar-refractivity contribution in [2.24, 2.45) is 0 Å². The number of nitrogens with two attached hydrogens (primary N) is 1. The molecule has 0 unspecified atom stereocenters. The van der Waals surface area contributed by atoms with Gasteiger partial charge in [0.05, 0.1) is 0 Å². The highest BCUT2D eigenvalue weighted by Crippen LogP contribution is 2.42. The SMILES string of the molecule is CC1(C)Cc2cccc(OCc3c(N)cccc3F)c2O1. The zero-order valence-electron chi connectivity index (χ0n) is 12.2. The summed E-state index contributed by atoms with van der Waals surface area (Å²) in [6.07, 6.45) is 0.835. The first-order valence-electron chi connectivity index (χ1n) is 6.93. The van der Waals surface area contributed by atoms with E-state index in [-0.39, 0.29) is 18.0 Å². The molecule has 3 nitrogen and oxygen atoms in total. The van der Waals surface area contributed by atoms with Crippen molar-refractivity contribution in [3.05, 3.63) is 53.3 Å². The lowest BCUT2D eigenvalue weighted by molar-refractivity contribution is 0.131. The summed E-state index contributed by atoms with van der Waals surface area (Å²) in [5.41, 5.74) is 7.42. The molecule has 0 spiro atoms. The smallest absolute Gasteiger partial charge is 0.165 e. The number of benzene rings is 2. The molecule has 0 fully saturated rings. The summed E-state index contributed by atoms with van der Waals surface area (Å²) in [6.45, 7) is 4.15. The topological polar surface area (TPSA) is 44.5 Å². The van der Waals surface area contributed by atoms with Crippen LogP contribution in [0.3, 0.4) is 0 Å². The molecular weight excluding hydrogens is 269 g/mol. The first-order valence-corrected chi connectivity index (χ1v) is 6.93. The molecule has 2 aromatic rings. The van der Waals surface area contributed by atoms with E-state index in [4.69, 9.17) is 15.2 Å². The highest BCUT2D eigenvalue weighted by Gasteiger charge is 2.32. The number of nitrogen functional groups attached to an aromatic ring is 1. The molecule has 0 saturated carbocycles. The second kappa shape index (κ2) is 4.95. The van der Waals surface area contributed by atoms with Gasteiger partial charge in [0.15, 0.2) is 11.5 Å². The molecule has 1 aliphatic rings. The van der Waals surface area contributed by atoms with Gasteiger partial charge < -0.3 is 15.2 Å². The van der Waals surface area contributed by atoms with Crippen molar-refractivity contribution in [3.63, 3.8) is 0 Å². The Morgan fingerprint density at radius 2 is 2.00 bits per heavy atom. The molecule has 0 atom stereocenters. The van der Waals surface area contributed by atoms with Crippen LogP contribution in [0.15, 0.2) is 36.4 Å². The Morgan fingerprint density at radius 1 is 1.24 bits per heavy atom. The van der Waals surface area contributed by atoms with E-state index < -0.39 is 0 Å². The Kier molecular flexibility index (Phi) is 3.24. The van der Waals surface area contributed by atoms with Gasteiger partial charge in [0.2, 0.25) is 0 Å². The van der Waals surface area contributed by atoms with Gasteiger partial charge in [0.25, 0.3) is 0 Å². The fourth-order valence-electron chi connectivity index (χ4n) is 2.58. The van der Waals surface area contributed by atoms with E-state index in [1.807, 2.05) is 32.0 Å². The van der Waals surface area contributed by atoms with Crippen LogP contribution in [0.5, 0.6) is 11.5 Å². The van der Waals surface area contributed by atoms with Gasteiger partial charge in [0, 0.05) is 23.2 Å². The summed E-state index contributed by atoms with van der Waals surface area (Å²) in [4.78, 5) is 0. The molecule has 110 valence electrons. The molecular formula is C17H18FNO2. The fraction of sp³-hybridized carbons (Fsp3) is 0.294. The molecule has 0 saturated heterocycles. The number of anilines is 1. The normalized spacial score (nSPS) is 15.4. The molecule has 0 bridgehead atoms. The summed E-state index contributed by atoms with van der Waals surface area (Å²) in [5, 5.41) is 0. The third kappa shape index (κ3) is 2.66. The Morgan fingerprint density at radius 3 is 2.76 bits per heavy atom. The Hall–Kier alpha value is -2.23. The molecule has 21 heavy (non-hydrogen) atoms. The monoisotopic (exact) mass is 287 g/mol. The molecule has 0 aliphatic carbocycles. The zero-order chi connectivity index (χ0) is 15.0. The number of ether oxygens (including phenoxy) is 2. The van der Waals surface area contributed by atoms with Crippen molar-refractivity contribution >= 4 is 5.69 Å². The molecule has 4 heteroatoms. The summed E-state index contributed by atoms with van der Waals surface area (Å²) in [7, 11) is 0. The summed E-state index contributed by atoms with van der Waals surface area (Å²) >= 11 is 0. The third-order valence-electron chi connectivity index (χ3n) is 3.58. The zero-order valence-corrected chi connectivity index (χ0v) is 12.2. The maximum Gasteiger partial charge on any atom is 0.165 e. The highest BCUT2D eigenvalue weighted by atomic mass is 19.1. The molecule has 2 N–H and O–H groups in total. The lowest BCUT2D eigenvalue weighted by Crippen LogP contribution is -2.24. The Labute approximate surface area is 123 Å². The summed E-state index contributed by atoms with van der Waals surface area (Å²) < 4.78 is 25.4. The first-order chi connectivity index (χ1) is 9.96. The van der Waals surface area contributed by atoms with Gasteiger partial charge in [-0.15, -0.1) is 0 Å². The van der Waals surface area contributed by atoms with Crippen LogP contribution in [-0.4, -0.2) is 5.60 Å². The van der Waals surface area contributed by atoms with E-state index in [1.54, 1.807) is 12.1 Å². The molecule has 1 aliphatic heterocycles. The van der Waals surface area contributed by atoms with Crippen molar-refractivity contribution < 1.29 is 13.9 Å². The molecule has 1 heterocycles. The quantitative estimate of drug-likeness (QED) is 0.875. The van der Waals surface area contributed by atoms with Crippen LogP contribution in [0.1, 0.15) is 25.0 Å². The molecule has 2 aromatic carbocycles. The summed E-state index contributed by atoms with van der Waals surface area (Å²) in [6, 6.07) is 10.4. The predicted octanol–water partition coefficient (Wildman–Crippen LogP) is 3.70. The van der Waals surface area contributed by atoms with Gasteiger partial charge >= 0.3 is 0 Å². The van der Waals surface area contributed by atoms with E-state index in [9.17, 15) is 4.39 Å². The average molecular weight is 287 g/mol. The molecule has 0 aromatic heterocycles. The average Bonchev–Trinajstić information content (AvgIpc) is 2.73. The van der Waals surface area contributed by atoms with E-state index in [0.717, 1.165) is 17.7 Å². The molecule has 0 radical (unpaired) electrons. The maximum absolute atomic E-state index is 13.8. The third-order valence-corrected chi connectivity index (χ3v) is 3.58. The summed E-state index contributed by atoms with van der Waals surface area (Å²) in [5.74, 6) is 1.02. The Balaban J connectivity index is 1.83. The van der Waals surface area contributed by atoms with Gasteiger partial charge in [-0.2, -0.15) is 0 Å². The Bertz CT molecular complexity index is 662. The number of fused-ring (bicyclic) bond motifs is 1. The van der Waals surface area contributed by atoms with Crippen LogP contribution < -0.4 is 15.2 Å². The van der Waals surface area contributed by atoms with E-state index in [2.05, 4.69) is 0 Å². The van der Waals surface area contributed by atoms with Crippen molar-refractivity contribution in [1.29, 1.82) is 0 Å². The lowest BCUT2D eigenvalue weighted by atomic mass is 10.0. The van der Waals surface area contributed by atoms with Crippen molar-refractivity contribution in [2.45, 2.75) is 32.5 Å². The van der Waals surface area contributed by atoms with Crippen LogP contribution >= 0.6 is 0 Å². The number of hydrogen-bond acceptors (Lipinski definition) is 3. The minimum Gasteiger partial charge on any atom is -0.485 e. The van der Waals surface area contributed by atoms with Crippen LogP contribution in [0.4, 0.5) is 10.1 Å². The van der Waals surface area contributed by atoms with Crippen LogP contribution in [0, 0.1) is 5.82 Å². The lowest BCUT2D eigenvalue weighted by Gasteiger charge is -2.18. The van der Waals surface area contributed by atoms with Gasteiger partial charge in [-0.1, -0.05) is 18.2 Å². The number of rotatable bonds is 3. The number of para-hydroxylation sites is 1. The maximum atomic E-state index is 13.8. The van der Waals surface area contributed by atoms with E-state index in [1.165, 1.54) is 6.07 Å². The van der Waals surface area contributed by atoms with Gasteiger partial charge in [-0.05, 0) is 32.0 Å². The van der Waals surface area contributed by atoms with E-state index in [0.29, 0.717) is 17.0 Å². The van der Waals surface area contributed by atoms with Gasteiger partial charge in [0.1, 0.15) is 18.0 Å². The molecule has 0 amide bonds. The fourth-order valence-corrected chi connectivity index (χ4v) is 2.58. The van der Waals surface area contributed by atoms with E-state index >= 15 is 0 Å². The first kappa shape index (κ1) is 13.7. The molecule has 3 rings (SSSR count). The largest absolute Gasteiger partial charge is 0.485 e. The van der Waals surface area contributed by atoms with Crippen LogP contribution in [-0.2, 0) is 13.0 Å². The van der Waals surface area contributed by atoms with Crippen LogP contribution in [0.2, 0.25) is 0 Å². The number of hydrogen-bond donors (Lipinski definition) is 1. The van der Waals surface area contributed by atoms with Crippen molar-refractivity contribution in [3.8, 4) is 11.5 Å². The van der Waals surface area contributed by atoms with Crippen molar-refractivity contribution in [1.82, 2.24) is 0 Å². The second-order valence-corrected chi connectivity index (χ2v) is 5.88. The minimum absolute atomic E-state index is 0.0821. The second-order valence-electron chi connectivity index (χ2n) is 5.88. The predicted molar refractivity (Wildman–Crippen MR) is 80.0 cm³/mol. The number of halogens is 1. The highest BCUT2D eigenvalue weighted by molar-refractivity contribution is 5.51. The van der Waals surface area contributed by atoms with Crippen LogP contribution in [0.25, 0.3) is 0 Å².